The first kappa shape index (κ1) is 18.6. The molecule has 6 nitrogen and oxygen atoms in total. The van der Waals surface area contributed by atoms with Crippen molar-refractivity contribution in [2.24, 2.45) is 0 Å². The molecule has 1 aliphatic heterocycles. The average Bonchev–Trinajstić information content (AvgIpc) is 3.04. The maximum absolute atomic E-state index is 13.1. The van der Waals surface area contributed by atoms with Crippen molar-refractivity contribution in [1.29, 1.82) is 0 Å². The van der Waals surface area contributed by atoms with Crippen LogP contribution in [0.2, 0.25) is 0 Å². The molecule has 0 saturated heterocycles. The van der Waals surface area contributed by atoms with Gasteiger partial charge in [-0.2, -0.15) is 0 Å². The summed E-state index contributed by atoms with van der Waals surface area (Å²) in [7, 11) is 0. The Hall–Kier alpha value is -3.22. The van der Waals surface area contributed by atoms with Gasteiger partial charge in [-0.05, 0) is 47.9 Å². The van der Waals surface area contributed by atoms with Gasteiger partial charge in [0.2, 0.25) is 5.91 Å². The molecule has 0 radical (unpaired) electrons. The number of benzene rings is 2. The number of carbonyl (C=O) groups is 3. The normalized spacial score (nSPS) is 13.8. The third-order valence-corrected chi connectivity index (χ3v) is 4.57. The summed E-state index contributed by atoms with van der Waals surface area (Å²) in [5.41, 5.74) is 2.59. The fourth-order valence-corrected chi connectivity index (χ4v) is 3.23. The lowest BCUT2D eigenvalue weighted by Gasteiger charge is -2.18. The Balaban J connectivity index is 1.81. The van der Waals surface area contributed by atoms with Crippen LogP contribution in [0.5, 0.6) is 0 Å². The van der Waals surface area contributed by atoms with Crippen LogP contribution in [0.1, 0.15) is 40.9 Å². The topological polar surface area (TPSA) is 86.7 Å². The largest absolute Gasteiger partial charge is 0.481 e. The molecule has 3 rings (SSSR count). The number of anilines is 1. The van der Waals surface area contributed by atoms with Crippen molar-refractivity contribution in [3.8, 4) is 0 Å². The van der Waals surface area contributed by atoms with Gasteiger partial charge in [-0.15, -0.1) is 0 Å². The van der Waals surface area contributed by atoms with E-state index < -0.39 is 23.7 Å². The fourth-order valence-electron chi connectivity index (χ4n) is 3.23. The molecule has 0 aliphatic carbocycles. The zero-order valence-corrected chi connectivity index (χ0v) is 14.7. The van der Waals surface area contributed by atoms with Crippen molar-refractivity contribution < 1.29 is 23.9 Å². The van der Waals surface area contributed by atoms with E-state index in [-0.39, 0.29) is 12.3 Å². The van der Waals surface area contributed by atoms with Crippen LogP contribution in [0.15, 0.2) is 42.5 Å². The lowest BCUT2D eigenvalue weighted by Crippen LogP contribution is -2.30. The van der Waals surface area contributed by atoms with Crippen molar-refractivity contribution in [2.45, 2.75) is 25.8 Å². The van der Waals surface area contributed by atoms with Gasteiger partial charge in [0, 0.05) is 24.7 Å². The van der Waals surface area contributed by atoms with Crippen LogP contribution >= 0.6 is 0 Å². The number of halogens is 1. The Labute approximate surface area is 155 Å². The summed E-state index contributed by atoms with van der Waals surface area (Å²) in [6.07, 6.45) is 0.340. The van der Waals surface area contributed by atoms with Crippen LogP contribution in [0, 0.1) is 5.82 Å². The van der Waals surface area contributed by atoms with Crippen LogP contribution < -0.4 is 10.2 Å². The van der Waals surface area contributed by atoms with Gasteiger partial charge in [-0.1, -0.05) is 12.1 Å². The minimum Gasteiger partial charge on any atom is -0.481 e. The molecule has 27 heavy (non-hydrogen) atoms. The van der Waals surface area contributed by atoms with Crippen molar-refractivity contribution in [2.75, 3.05) is 11.4 Å². The Morgan fingerprint density at radius 3 is 2.52 bits per heavy atom. The Bertz CT molecular complexity index is 895. The number of hydrogen-bond acceptors (Lipinski definition) is 3. The molecular formula is C20H19FN2O4. The highest BCUT2D eigenvalue weighted by Gasteiger charge is 2.24. The summed E-state index contributed by atoms with van der Waals surface area (Å²) in [5, 5.41) is 11.8. The number of nitrogens with one attached hydrogen (secondary N) is 1. The molecular weight excluding hydrogens is 351 g/mol. The average molecular weight is 370 g/mol. The van der Waals surface area contributed by atoms with E-state index in [2.05, 4.69) is 5.32 Å². The molecule has 2 aromatic rings. The summed E-state index contributed by atoms with van der Waals surface area (Å²) in [6, 6.07) is 9.63. The molecule has 2 N–H and O–H groups in total. The summed E-state index contributed by atoms with van der Waals surface area (Å²) in [5.74, 6) is -1.98. The van der Waals surface area contributed by atoms with E-state index in [4.69, 9.17) is 5.11 Å². The molecule has 7 heteroatoms. The first-order valence-corrected chi connectivity index (χ1v) is 8.54. The van der Waals surface area contributed by atoms with Crippen molar-refractivity contribution in [3.05, 3.63) is 65.0 Å². The third kappa shape index (κ3) is 4.13. The Morgan fingerprint density at radius 1 is 1.19 bits per heavy atom. The minimum absolute atomic E-state index is 0.0521. The number of carbonyl (C=O) groups excluding carboxylic acids is 2. The van der Waals surface area contributed by atoms with E-state index in [0.29, 0.717) is 24.1 Å². The number of carboxylic acids is 1. The fraction of sp³-hybridized carbons (Fsp3) is 0.250. The summed E-state index contributed by atoms with van der Waals surface area (Å²) >= 11 is 0. The predicted octanol–water partition coefficient (Wildman–Crippen LogP) is 2.68. The molecule has 0 unspecified atom stereocenters. The van der Waals surface area contributed by atoms with Crippen LogP contribution in [-0.4, -0.2) is 29.4 Å². The molecule has 1 aliphatic rings. The van der Waals surface area contributed by atoms with Gasteiger partial charge in [0.1, 0.15) is 5.82 Å². The van der Waals surface area contributed by atoms with Crippen LogP contribution in [0.25, 0.3) is 0 Å². The van der Waals surface area contributed by atoms with E-state index >= 15 is 0 Å². The van der Waals surface area contributed by atoms with E-state index in [1.54, 1.807) is 23.1 Å². The number of amides is 2. The number of hydrogen-bond donors (Lipinski definition) is 2. The van der Waals surface area contributed by atoms with Crippen LogP contribution in [0.4, 0.5) is 10.1 Å². The summed E-state index contributed by atoms with van der Waals surface area (Å²) in [4.78, 5) is 37.1. The second kappa shape index (κ2) is 7.57. The lowest BCUT2D eigenvalue weighted by molar-refractivity contribution is -0.137. The zero-order chi connectivity index (χ0) is 19.6. The molecule has 1 heterocycles. The Kier molecular flexibility index (Phi) is 5.21. The minimum atomic E-state index is -1.07. The quantitative estimate of drug-likeness (QED) is 0.847. The number of carboxylic acid groups (broad SMARTS) is 1. The summed E-state index contributed by atoms with van der Waals surface area (Å²) in [6.45, 7) is 2.07. The van der Waals surface area contributed by atoms with Gasteiger partial charge in [0.25, 0.3) is 5.91 Å². The lowest BCUT2D eigenvalue weighted by atomic mass is 10.0. The van der Waals surface area contributed by atoms with E-state index in [1.807, 2.05) is 0 Å². The van der Waals surface area contributed by atoms with Gasteiger partial charge >= 0.3 is 5.97 Å². The first-order chi connectivity index (χ1) is 12.8. The molecule has 2 aromatic carbocycles. The number of aliphatic carboxylic acids is 1. The molecule has 1 atom stereocenters. The molecule has 0 fully saturated rings. The predicted molar refractivity (Wildman–Crippen MR) is 97.0 cm³/mol. The second-order valence-corrected chi connectivity index (χ2v) is 6.44. The second-order valence-electron chi connectivity index (χ2n) is 6.44. The highest BCUT2D eigenvalue weighted by atomic mass is 19.1. The van der Waals surface area contributed by atoms with E-state index in [0.717, 1.165) is 11.3 Å². The van der Waals surface area contributed by atoms with Gasteiger partial charge in [-0.3, -0.25) is 14.4 Å². The molecule has 0 aromatic heterocycles. The van der Waals surface area contributed by atoms with Crippen molar-refractivity contribution in [3.63, 3.8) is 0 Å². The number of fused-ring (bicyclic) bond motifs is 1. The molecule has 2 amide bonds. The van der Waals surface area contributed by atoms with Gasteiger partial charge in [0.15, 0.2) is 0 Å². The Morgan fingerprint density at radius 2 is 1.89 bits per heavy atom. The van der Waals surface area contributed by atoms with Crippen molar-refractivity contribution in [1.82, 2.24) is 5.32 Å². The number of nitrogens with zero attached hydrogens (tertiary/aromatic N) is 1. The summed E-state index contributed by atoms with van der Waals surface area (Å²) < 4.78 is 13.1. The van der Waals surface area contributed by atoms with E-state index in [9.17, 15) is 18.8 Å². The SMILES string of the molecule is CC(=O)N1CCc2cc(C(=O)N[C@@H](CC(=O)O)c3ccc(F)cc3)ccc21. The monoisotopic (exact) mass is 370 g/mol. The molecule has 140 valence electrons. The van der Waals surface area contributed by atoms with Crippen molar-refractivity contribution >= 4 is 23.5 Å². The molecule has 0 spiro atoms. The van der Waals surface area contributed by atoms with Gasteiger partial charge < -0.3 is 15.3 Å². The third-order valence-electron chi connectivity index (χ3n) is 4.57. The standard InChI is InChI=1S/C20H19FN2O4/c1-12(24)23-9-8-14-10-15(4-7-18(14)23)20(27)22-17(11-19(25)26)13-2-5-16(21)6-3-13/h2-7,10,17H,8-9,11H2,1H3,(H,22,27)(H,25,26)/t17-/m0/s1. The molecule has 0 bridgehead atoms. The highest BCUT2D eigenvalue weighted by Crippen LogP contribution is 2.29. The maximum Gasteiger partial charge on any atom is 0.305 e. The smallest absolute Gasteiger partial charge is 0.305 e. The van der Waals surface area contributed by atoms with Gasteiger partial charge in [-0.25, -0.2) is 4.39 Å². The number of rotatable bonds is 5. The van der Waals surface area contributed by atoms with Gasteiger partial charge in [0.05, 0.1) is 12.5 Å². The zero-order valence-electron chi connectivity index (χ0n) is 14.7. The first-order valence-electron chi connectivity index (χ1n) is 8.54. The van der Waals surface area contributed by atoms with E-state index in [1.165, 1.54) is 31.2 Å². The highest BCUT2D eigenvalue weighted by molar-refractivity contribution is 5.98. The molecule has 0 saturated carbocycles. The van der Waals surface area contributed by atoms with Crippen LogP contribution in [-0.2, 0) is 16.0 Å². The maximum atomic E-state index is 13.1. The van der Waals surface area contributed by atoms with Crippen LogP contribution in [0.3, 0.4) is 0 Å².